The van der Waals surface area contributed by atoms with Gasteiger partial charge < -0.3 is 5.32 Å². The Morgan fingerprint density at radius 1 is 1.12 bits per heavy atom. The highest BCUT2D eigenvalue weighted by Crippen LogP contribution is 2.24. The van der Waals surface area contributed by atoms with Crippen molar-refractivity contribution in [1.82, 2.24) is 5.32 Å². The maximum Gasteiger partial charge on any atom is -0.00434 e. The highest BCUT2D eigenvalue weighted by molar-refractivity contribution is 4.88. The third-order valence-electron chi connectivity index (χ3n) is 1.53. The summed E-state index contributed by atoms with van der Waals surface area (Å²) in [6.07, 6.45) is 1.79. The maximum absolute atomic E-state index is 5.62. The first kappa shape index (κ1) is 6.09. The van der Waals surface area contributed by atoms with Gasteiger partial charge in [-0.2, -0.15) is 0 Å². The van der Waals surface area contributed by atoms with Gasteiger partial charge in [-0.05, 0) is 45.2 Å². The predicted octanol–water partition coefficient (Wildman–Crippen LogP) is 0.778. The van der Waals surface area contributed by atoms with E-state index in [-0.39, 0.29) is 5.41 Å². The van der Waals surface area contributed by atoms with E-state index in [0.717, 1.165) is 25.9 Å². The average molecular weight is 109 g/mol. The lowest BCUT2D eigenvalue weighted by Gasteiger charge is -2.28. The third-order valence-corrected chi connectivity index (χ3v) is 1.53. The zero-order chi connectivity index (χ0) is 6.04. The van der Waals surface area contributed by atoms with Crippen molar-refractivity contribution in [2.75, 3.05) is 13.1 Å². The summed E-state index contributed by atoms with van der Waals surface area (Å²) in [5.41, 5.74) is -0.384. The molecule has 1 heterocycles. The van der Waals surface area contributed by atoms with Gasteiger partial charge in [0.1, 0.15) is 0 Å². The molecule has 4 radical (unpaired) electrons. The fourth-order valence-corrected chi connectivity index (χ4v) is 0.892. The zero-order valence-corrected chi connectivity index (χ0v) is 4.98. The van der Waals surface area contributed by atoms with Crippen LogP contribution in [-0.4, -0.2) is 13.1 Å². The molecule has 0 aromatic carbocycles. The van der Waals surface area contributed by atoms with Gasteiger partial charge in [0.05, 0.1) is 0 Å². The Bertz CT molecular complexity index is 68.5. The van der Waals surface area contributed by atoms with Crippen LogP contribution in [0.15, 0.2) is 0 Å². The molecule has 1 saturated heterocycles. The summed E-state index contributed by atoms with van der Waals surface area (Å²) in [7, 11) is 0. The number of piperidine rings is 1. The first-order chi connectivity index (χ1) is 3.71. The lowest BCUT2D eigenvalue weighted by atomic mass is 9.83. The van der Waals surface area contributed by atoms with Crippen molar-refractivity contribution >= 4 is 0 Å². The molecule has 1 N–H and O–H groups in total. The molecule has 0 aliphatic carbocycles. The molecule has 0 saturated carbocycles. The normalized spacial score (nSPS) is 27.8. The van der Waals surface area contributed by atoms with Crippen molar-refractivity contribution in [1.29, 1.82) is 0 Å². The van der Waals surface area contributed by atoms with E-state index in [9.17, 15) is 0 Å². The summed E-state index contributed by atoms with van der Waals surface area (Å²) in [6.45, 7) is 13.2. The van der Waals surface area contributed by atoms with Crippen LogP contribution in [0.1, 0.15) is 12.8 Å². The van der Waals surface area contributed by atoms with Crippen molar-refractivity contribution in [2.24, 2.45) is 5.41 Å². The SMILES string of the molecule is [CH]C1([CH])CCNCC1. The summed E-state index contributed by atoms with van der Waals surface area (Å²) >= 11 is 0. The van der Waals surface area contributed by atoms with Crippen molar-refractivity contribution < 1.29 is 0 Å². The minimum atomic E-state index is -0.384. The Balaban J connectivity index is 2.33. The van der Waals surface area contributed by atoms with Crippen molar-refractivity contribution in [3.05, 3.63) is 13.8 Å². The van der Waals surface area contributed by atoms with Crippen LogP contribution >= 0.6 is 0 Å². The topological polar surface area (TPSA) is 12.0 Å². The number of hydrogen-bond acceptors (Lipinski definition) is 1. The van der Waals surface area contributed by atoms with Crippen molar-refractivity contribution in [2.45, 2.75) is 12.8 Å². The van der Waals surface area contributed by atoms with Crippen LogP contribution in [0, 0.1) is 19.3 Å². The molecule has 1 fully saturated rings. The second-order valence-electron chi connectivity index (χ2n) is 2.48. The van der Waals surface area contributed by atoms with Crippen molar-refractivity contribution in [3.63, 3.8) is 0 Å². The highest BCUT2D eigenvalue weighted by Gasteiger charge is 2.20. The Kier molecular flexibility index (Phi) is 1.57. The molecule has 0 aromatic rings. The van der Waals surface area contributed by atoms with E-state index < -0.39 is 0 Å². The van der Waals surface area contributed by atoms with Gasteiger partial charge in [-0.1, -0.05) is 0 Å². The molecule has 0 atom stereocenters. The molecule has 0 bridgehead atoms. The fraction of sp³-hybridized carbons (Fsp3) is 0.714. The molecule has 1 aliphatic rings. The number of rotatable bonds is 0. The summed E-state index contributed by atoms with van der Waals surface area (Å²) in [5, 5.41) is 3.18. The van der Waals surface area contributed by atoms with E-state index in [4.69, 9.17) is 13.8 Å². The Morgan fingerprint density at radius 3 is 1.88 bits per heavy atom. The molecular weight excluding hydrogens is 98.1 g/mol. The monoisotopic (exact) mass is 109 g/mol. The summed E-state index contributed by atoms with van der Waals surface area (Å²) in [5.74, 6) is 0. The van der Waals surface area contributed by atoms with Crippen LogP contribution in [0.4, 0.5) is 0 Å². The quantitative estimate of drug-likeness (QED) is 0.484. The lowest BCUT2D eigenvalue weighted by molar-refractivity contribution is 0.336. The molecule has 1 aliphatic heterocycles. The third kappa shape index (κ3) is 1.48. The average Bonchev–Trinajstić information content (AvgIpc) is 1.65. The van der Waals surface area contributed by atoms with Crippen LogP contribution in [0.2, 0.25) is 0 Å². The van der Waals surface area contributed by atoms with Crippen LogP contribution in [0.3, 0.4) is 0 Å². The molecule has 0 amide bonds. The summed E-state index contributed by atoms with van der Waals surface area (Å²) < 4.78 is 0. The number of nitrogens with one attached hydrogen (secondary N) is 1. The van der Waals surface area contributed by atoms with E-state index in [2.05, 4.69) is 5.32 Å². The largest absolute Gasteiger partial charge is 0.317 e. The first-order valence-corrected chi connectivity index (χ1v) is 2.99. The highest BCUT2D eigenvalue weighted by atomic mass is 14.9. The predicted molar refractivity (Wildman–Crippen MR) is 33.1 cm³/mol. The number of hydrogen-bond donors (Lipinski definition) is 1. The van der Waals surface area contributed by atoms with Crippen LogP contribution < -0.4 is 5.32 Å². The van der Waals surface area contributed by atoms with Gasteiger partial charge in [0.2, 0.25) is 0 Å². The van der Waals surface area contributed by atoms with E-state index in [1.54, 1.807) is 0 Å². The van der Waals surface area contributed by atoms with Crippen molar-refractivity contribution in [3.8, 4) is 0 Å². The van der Waals surface area contributed by atoms with Gasteiger partial charge >= 0.3 is 0 Å². The van der Waals surface area contributed by atoms with Gasteiger partial charge in [0.15, 0.2) is 0 Å². The first-order valence-electron chi connectivity index (χ1n) is 2.99. The maximum atomic E-state index is 5.62. The molecule has 1 heteroatoms. The van der Waals surface area contributed by atoms with E-state index in [1.165, 1.54) is 0 Å². The second kappa shape index (κ2) is 2.06. The molecule has 0 unspecified atom stereocenters. The molecule has 44 valence electrons. The summed E-state index contributed by atoms with van der Waals surface area (Å²) in [6, 6.07) is 0. The van der Waals surface area contributed by atoms with Crippen LogP contribution in [0.5, 0.6) is 0 Å². The standard InChI is InChI=1S/C7H11N/c1-7(2)3-5-8-6-4-7/h1-2,8H,3-6H2. The second-order valence-corrected chi connectivity index (χ2v) is 2.48. The molecule has 0 aromatic heterocycles. The van der Waals surface area contributed by atoms with Crippen LogP contribution in [0.25, 0.3) is 0 Å². The Hall–Kier alpha value is -0.0400. The van der Waals surface area contributed by atoms with Gasteiger partial charge in [0.25, 0.3) is 0 Å². The Labute approximate surface area is 51.5 Å². The minimum absolute atomic E-state index is 0.384. The Morgan fingerprint density at radius 2 is 1.62 bits per heavy atom. The van der Waals surface area contributed by atoms with E-state index in [0.29, 0.717) is 0 Å². The van der Waals surface area contributed by atoms with Crippen LogP contribution in [-0.2, 0) is 0 Å². The van der Waals surface area contributed by atoms with Gasteiger partial charge in [-0.3, -0.25) is 0 Å². The molecular formula is C7H11N. The fourth-order valence-electron chi connectivity index (χ4n) is 0.892. The minimum Gasteiger partial charge on any atom is -0.317 e. The van der Waals surface area contributed by atoms with E-state index in [1.807, 2.05) is 0 Å². The van der Waals surface area contributed by atoms with Gasteiger partial charge in [0, 0.05) is 0 Å². The summed E-state index contributed by atoms with van der Waals surface area (Å²) in [4.78, 5) is 0. The molecule has 0 spiro atoms. The lowest BCUT2D eigenvalue weighted by Crippen LogP contribution is -2.32. The zero-order valence-electron chi connectivity index (χ0n) is 4.98. The van der Waals surface area contributed by atoms with E-state index >= 15 is 0 Å². The van der Waals surface area contributed by atoms with Gasteiger partial charge in [-0.15, -0.1) is 0 Å². The smallest absolute Gasteiger partial charge is 0.00434 e. The molecule has 1 rings (SSSR count). The van der Waals surface area contributed by atoms with Gasteiger partial charge in [-0.25, -0.2) is 0 Å². The molecule has 1 nitrogen and oxygen atoms in total. The molecule has 8 heavy (non-hydrogen) atoms.